The Kier molecular flexibility index (Phi) is 5.96. The summed E-state index contributed by atoms with van der Waals surface area (Å²) in [5, 5.41) is 13.4. The van der Waals surface area contributed by atoms with Gasteiger partial charge in [0.05, 0.1) is 5.69 Å². The Bertz CT molecular complexity index is 1340. The molecule has 3 heterocycles. The molecule has 0 radical (unpaired) electrons. The lowest BCUT2D eigenvalue weighted by Gasteiger charge is -2.06. The molecule has 0 aliphatic heterocycles. The van der Waals surface area contributed by atoms with Crippen LogP contribution in [-0.4, -0.2) is 25.6 Å². The number of fused-ring (bicyclic) bond motifs is 1. The predicted octanol–water partition coefficient (Wildman–Crippen LogP) is 4.24. The monoisotopic (exact) mass is 456 g/mol. The fourth-order valence-electron chi connectivity index (χ4n) is 2.72. The molecule has 0 saturated carbocycles. The van der Waals surface area contributed by atoms with E-state index in [1.807, 2.05) is 13.0 Å². The first-order valence-electron chi connectivity index (χ1n) is 9.17. The number of pyridine rings is 1. The van der Waals surface area contributed by atoms with Gasteiger partial charge in [0.1, 0.15) is 11.5 Å². The van der Waals surface area contributed by atoms with Gasteiger partial charge < -0.3 is 5.32 Å². The molecule has 0 bridgehead atoms. The normalized spacial score (nSPS) is 10.9. The van der Waals surface area contributed by atoms with E-state index in [0.29, 0.717) is 37.8 Å². The molecule has 0 saturated heterocycles. The van der Waals surface area contributed by atoms with Gasteiger partial charge in [-0.1, -0.05) is 35.2 Å². The van der Waals surface area contributed by atoms with Crippen LogP contribution in [0, 0.1) is 19.7 Å². The van der Waals surface area contributed by atoms with Gasteiger partial charge >= 0.3 is 6.03 Å². The number of amides is 2. The molecular formula is C20H17FN6O2S2. The molecule has 11 heteroatoms. The summed E-state index contributed by atoms with van der Waals surface area (Å²) in [6, 6.07) is 9.09. The van der Waals surface area contributed by atoms with E-state index in [2.05, 4.69) is 25.8 Å². The first-order chi connectivity index (χ1) is 14.9. The van der Waals surface area contributed by atoms with Crippen molar-refractivity contribution in [3.63, 3.8) is 0 Å². The lowest BCUT2D eigenvalue weighted by Crippen LogP contribution is -2.19. The average molecular weight is 457 g/mol. The minimum Gasteiger partial charge on any atom is -0.308 e. The van der Waals surface area contributed by atoms with E-state index >= 15 is 0 Å². The highest BCUT2D eigenvalue weighted by Gasteiger charge is 2.11. The SMILES string of the molecule is Cc1ccc2nc(CSc3nnc(NC(=O)Nc4ccc(C)c(F)c4)s3)cc(=O)n2c1. The van der Waals surface area contributed by atoms with Crippen LogP contribution in [0.5, 0.6) is 0 Å². The number of aryl methyl sites for hydroxylation is 2. The van der Waals surface area contributed by atoms with E-state index in [4.69, 9.17) is 0 Å². The van der Waals surface area contributed by atoms with Gasteiger partial charge in [-0.3, -0.25) is 14.5 Å². The Balaban J connectivity index is 1.37. The fraction of sp³-hybridized carbons (Fsp3) is 0.150. The molecule has 3 aromatic heterocycles. The van der Waals surface area contributed by atoms with Crippen molar-refractivity contribution >= 4 is 45.6 Å². The van der Waals surface area contributed by atoms with Gasteiger partial charge in [-0.2, -0.15) is 0 Å². The highest BCUT2D eigenvalue weighted by atomic mass is 32.2. The molecule has 0 aliphatic carbocycles. The van der Waals surface area contributed by atoms with Gasteiger partial charge in [0.15, 0.2) is 4.34 Å². The molecule has 0 aliphatic rings. The van der Waals surface area contributed by atoms with Crippen LogP contribution < -0.4 is 16.2 Å². The summed E-state index contributed by atoms with van der Waals surface area (Å²) >= 11 is 2.55. The van der Waals surface area contributed by atoms with Gasteiger partial charge in [0.2, 0.25) is 5.13 Å². The number of hydrogen-bond donors (Lipinski definition) is 2. The lowest BCUT2D eigenvalue weighted by atomic mass is 10.2. The van der Waals surface area contributed by atoms with Crippen LogP contribution in [0.15, 0.2) is 51.7 Å². The van der Waals surface area contributed by atoms with Crippen LogP contribution in [0.3, 0.4) is 0 Å². The highest BCUT2D eigenvalue weighted by Crippen LogP contribution is 2.28. The number of carbonyl (C=O) groups is 1. The third-order valence-electron chi connectivity index (χ3n) is 4.26. The maximum Gasteiger partial charge on any atom is 0.325 e. The van der Waals surface area contributed by atoms with Crippen LogP contribution >= 0.6 is 23.1 Å². The van der Waals surface area contributed by atoms with Gasteiger partial charge in [0.25, 0.3) is 5.56 Å². The second kappa shape index (κ2) is 8.82. The Morgan fingerprint density at radius 3 is 2.81 bits per heavy atom. The number of carbonyl (C=O) groups excluding carboxylic acids is 1. The number of thioether (sulfide) groups is 1. The molecule has 8 nitrogen and oxygen atoms in total. The zero-order valence-corrected chi connectivity index (χ0v) is 18.2. The van der Waals surface area contributed by atoms with Crippen molar-refractivity contribution in [1.29, 1.82) is 0 Å². The number of anilines is 2. The molecule has 0 fully saturated rings. The molecule has 0 unspecified atom stereocenters. The second-order valence-electron chi connectivity index (χ2n) is 6.73. The summed E-state index contributed by atoms with van der Waals surface area (Å²) in [6.45, 7) is 3.56. The third kappa shape index (κ3) is 5.06. The standard InChI is InChI=1S/C20H17FN6O2S2/c1-11-3-6-16-22-14(8-17(28)27(16)9-11)10-30-20-26-25-19(31-20)24-18(29)23-13-5-4-12(2)15(21)7-13/h3-9H,10H2,1-2H3,(H2,23,24,25,29). The van der Waals surface area contributed by atoms with Crippen molar-refractivity contribution in [2.75, 3.05) is 10.6 Å². The summed E-state index contributed by atoms with van der Waals surface area (Å²) in [7, 11) is 0. The number of rotatable bonds is 5. The van der Waals surface area contributed by atoms with Crippen molar-refractivity contribution in [2.24, 2.45) is 0 Å². The van der Waals surface area contributed by atoms with E-state index in [1.165, 1.54) is 39.6 Å². The minimum absolute atomic E-state index is 0.145. The van der Waals surface area contributed by atoms with Gasteiger partial charge in [-0.15, -0.1) is 10.2 Å². The molecular weight excluding hydrogens is 439 g/mol. The van der Waals surface area contributed by atoms with Crippen LogP contribution in [0.25, 0.3) is 5.65 Å². The molecule has 4 aromatic rings. The molecule has 31 heavy (non-hydrogen) atoms. The molecule has 2 N–H and O–H groups in total. The zero-order valence-electron chi connectivity index (χ0n) is 16.5. The lowest BCUT2D eigenvalue weighted by molar-refractivity contribution is 0.262. The number of aromatic nitrogens is 4. The summed E-state index contributed by atoms with van der Waals surface area (Å²) < 4.78 is 15.7. The molecule has 158 valence electrons. The van der Waals surface area contributed by atoms with E-state index in [1.54, 1.807) is 31.3 Å². The Morgan fingerprint density at radius 2 is 2.00 bits per heavy atom. The maximum absolute atomic E-state index is 13.6. The quantitative estimate of drug-likeness (QED) is 0.344. The molecule has 1 aromatic carbocycles. The summed E-state index contributed by atoms with van der Waals surface area (Å²) in [5.74, 6) is 0.0350. The van der Waals surface area contributed by atoms with Crippen molar-refractivity contribution in [3.05, 3.63) is 75.6 Å². The van der Waals surface area contributed by atoms with Crippen molar-refractivity contribution in [1.82, 2.24) is 19.6 Å². The van der Waals surface area contributed by atoms with Crippen LogP contribution in [-0.2, 0) is 5.75 Å². The Morgan fingerprint density at radius 1 is 1.16 bits per heavy atom. The number of urea groups is 1. The van der Waals surface area contributed by atoms with E-state index in [0.717, 1.165) is 5.56 Å². The Labute approximate surface area is 184 Å². The van der Waals surface area contributed by atoms with Gasteiger partial charge in [0, 0.05) is 23.7 Å². The molecule has 2 amide bonds. The van der Waals surface area contributed by atoms with Gasteiger partial charge in [-0.25, -0.2) is 14.2 Å². The summed E-state index contributed by atoms with van der Waals surface area (Å²) in [5.41, 5.74) is 2.87. The third-order valence-corrected chi connectivity index (χ3v) is 6.27. The van der Waals surface area contributed by atoms with E-state index < -0.39 is 11.8 Å². The maximum atomic E-state index is 13.6. The van der Waals surface area contributed by atoms with E-state index in [-0.39, 0.29) is 5.56 Å². The largest absolute Gasteiger partial charge is 0.325 e. The predicted molar refractivity (Wildman–Crippen MR) is 119 cm³/mol. The number of nitrogens with one attached hydrogen (secondary N) is 2. The number of hydrogen-bond acceptors (Lipinski definition) is 7. The number of benzene rings is 1. The smallest absolute Gasteiger partial charge is 0.308 e. The van der Waals surface area contributed by atoms with E-state index in [9.17, 15) is 14.0 Å². The second-order valence-corrected chi connectivity index (χ2v) is 8.93. The van der Waals surface area contributed by atoms with Crippen LogP contribution in [0.4, 0.5) is 20.0 Å². The first kappa shape index (κ1) is 20.9. The van der Waals surface area contributed by atoms with Crippen LogP contribution in [0.2, 0.25) is 0 Å². The van der Waals surface area contributed by atoms with Crippen molar-refractivity contribution in [3.8, 4) is 0 Å². The van der Waals surface area contributed by atoms with Crippen molar-refractivity contribution in [2.45, 2.75) is 23.9 Å². The van der Waals surface area contributed by atoms with Crippen molar-refractivity contribution < 1.29 is 9.18 Å². The topological polar surface area (TPSA) is 101 Å². The molecule has 0 spiro atoms. The molecule has 4 rings (SSSR count). The zero-order chi connectivity index (χ0) is 22.0. The average Bonchev–Trinajstić information content (AvgIpc) is 3.17. The molecule has 0 atom stereocenters. The minimum atomic E-state index is -0.546. The highest BCUT2D eigenvalue weighted by molar-refractivity contribution is 8.00. The summed E-state index contributed by atoms with van der Waals surface area (Å²) in [4.78, 5) is 28.9. The number of nitrogens with zero attached hydrogens (tertiary/aromatic N) is 4. The summed E-state index contributed by atoms with van der Waals surface area (Å²) in [6.07, 6.45) is 1.75. The van der Waals surface area contributed by atoms with Gasteiger partial charge in [-0.05, 0) is 43.2 Å². The first-order valence-corrected chi connectivity index (χ1v) is 11.0. The fourth-order valence-corrected chi connectivity index (χ4v) is 4.36. The Hall–Kier alpha value is -3.31. The van der Waals surface area contributed by atoms with Crippen LogP contribution in [0.1, 0.15) is 16.8 Å². The number of halogens is 1.